The van der Waals surface area contributed by atoms with E-state index in [2.05, 4.69) is 13.5 Å². The standard InChI is InChI=1S/C17H32O2/c1-4-5-12-15(2)17(19)14-11-9-7-6-8-10-13-16(3)18/h17,19H,2,4-14H2,1,3H3. The van der Waals surface area contributed by atoms with Gasteiger partial charge in [0.2, 0.25) is 0 Å². The second kappa shape index (κ2) is 12.4. The predicted octanol–water partition coefficient (Wildman–Crippen LogP) is 4.80. The Kier molecular flexibility index (Phi) is 12.0. The molecule has 0 saturated carbocycles. The molecule has 112 valence electrons. The highest BCUT2D eigenvalue weighted by Crippen LogP contribution is 2.16. The van der Waals surface area contributed by atoms with E-state index in [9.17, 15) is 9.90 Å². The molecule has 0 saturated heterocycles. The van der Waals surface area contributed by atoms with Gasteiger partial charge in [-0.25, -0.2) is 0 Å². The summed E-state index contributed by atoms with van der Waals surface area (Å²) in [5, 5.41) is 9.91. The fourth-order valence-electron chi connectivity index (χ4n) is 2.19. The third kappa shape index (κ3) is 12.2. The summed E-state index contributed by atoms with van der Waals surface area (Å²) in [6.45, 7) is 7.78. The molecule has 0 rings (SSSR count). The predicted molar refractivity (Wildman–Crippen MR) is 82.3 cm³/mol. The minimum absolute atomic E-state index is 0.300. The zero-order chi connectivity index (χ0) is 14.5. The Hall–Kier alpha value is -0.630. The summed E-state index contributed by atoms with van der Waals surface area (Å²) in [6.07, 6.45) is 11.4. The summed E-state index contributed by atoms with van der Waals surface area (Å²) in [4.78, 5) is 10.8. The number of aliphatic hydroxyl groups excluding tert-OH is 1. The van der Waals surface area contributed by atoms with Gasteiger partial charge in [-0.15, -0.1) is 0 Å². The van der Waals surface area contributed by atoms with E-state index in [1.807, 2.05) is 0 Å². The van der Waals surface area contributed by atoms with Gasteiger partial charge in [0.1, 0.15) is 5.78 Å². The van der Waals surface area contributed by atoms with E-state index in [-0.39, 0.29) is 6.10 Å². The monoisotopic (exact) mass is 268 g/mol. The molecule has 2 nitrogen and oxygen atoms in total. The Morgan fingerprint density at radius 2 is 1.58 bits per heavy atom. The minimum atomic E-state index is -0.302. The number of rotatable bonds is 13. The number of aliphatic hydroxyl groups is 1. The largest absolute Gasteiger partial charge is 0.389 e. The number of ketones is 1. The van der Waals surface area contributed by atoms with Gasteiger partial charge in [0.15, 0.2) is 0 Å². The van der Waals surface area contributed by atoms with E-state index in [0.717, 1.165) is 56.9 Å². The maximum atomic E-state index is 10.8. The summed E-state index contributed by atoms with van der Waals surface area (Å²) >= 11 is 0. The quantitative estimate of drug-likeness (QED) is 0.385. The van der Waals surface area contributed by atoms with Gasteiger partial charge in [-0.05, 0) is 38.2 Å². The average molecular weight is 268 g/mol. The molecule has 0 aliphatic carbocycles. The van der Waals surface area contributed by atoms with Crippen molar-refractivity contribution in [3.63, 3.8) is 0 Å². The molecule has 19 heavy (non-hydrogen) atoms. The summed E-state index contributed by atoms with van der Waals surface area (Å²) in [5.41, 5.74) is 1.00. The van der Waals surface area contributed by atoms with Gasteiger partial charge < -0.3 is 9.90 Å². The van der Waals surface area contributed by atoms with Crippen LogP contribution < -0.4 is 0 Å². The number of carbonyl (C=O) groups excluding carboxylic acids is 1. The van der Waals surface area contributed by atoms with Gasteiger partial charge in [-0.1, -0.05) is 52.0 Å². The molecule has 0 heterocycles. The SMILES string of the molecule is C=C(CCCC)C(O)CCCCCCCCC(C)=O. The highest BCUT2D eigenvalue weighted by Gasteiger charge is 2.07. The molecule has 2 heteroatoms. The zero-order valence-corrected chi connectivity index (χ0v) is 12.9. The van der Waals surface area contributed by atoms with Gasteiger partial charge in [0, 0.05) is 6.42 Å². The van der Waals surface area contributed by atoms with Crippen LogP contribution in [0.5, 0.6) is 0 Å². The van der Waals surface area contributed by atoms with E-state index >= 15 is 0 Å². The minimum Gasteiger partial charge on any atom is -0.389 e. The molecule has 0 amide bonds. The van der Waals surface area contributed by atoms with Gasteiger partial charge in [-0.2, -0.15) is 0 Å². The molecule has 0 aliphatic heterocycles. The van der Waals surface area contributed by atoms with E-state index < -0.39 is 0 Å². The molecule has 1 N–H and O–H groups in total. The lowest BCUT2D eigenvalue weighted by Crippen LogP contribution is -2.09. The van der Waals surface area contributed by atoms with Crippen LogP contribution >= 0.6 is 0 Å². The molecule has 0 aromatic heterocycles. The molecular formula is C17H32O2. The fraction of sp³-hybridized carbons (Fsp3) is 0.824. The van der Waals surface area contributed by atoms with Crippen molar-refractivity contribution in [2.24, 2.45) is 0 Å². The first-order valence-corrected chi connectivity index (χ1v) is 7.93. The van der Waals surface area contributed by atoms with Crippen molar-refractivity contribution in [3.05, 3.63) is 12.2 Å². The van der Waals surface area contributed by atoms with Crippen molar-refractivity contribution in [1.82, 2.24) is 0 Å². The molecular weight excluding hydrogens is 236 g/mol. The van der Waals surface area contributed by atoms with Crippen molar-refractivity contribution in [2.75, 3.05) is 0 Å². The van der Waals surface area contributed by atoms with Gasteiger partial charge in [-0.3, -0.25) is 0 Å². The van der Waals surface area contributed by atoms with Gasteiger partial charge >= 0.3 is 0 Å². The zero-order valence-electron chi connectivity index (χ0n) is 12.9. The van der Waals surface area contributed by atoms with E-state index in [1.54, 1.807) is 6.92 Å². The lowest BCUT2D eigenvalue weighted by atomic mass is 9.99. The van der Waals surface area contributed by atoms with Crippen molar-refractivity contribution < 1.29 is 9.90 Å². The van der Waals surface area contributed by atoms with Crippen LogP contribution in [0.25, 0.3) is 0 Å². The maximum Gasteiger partial charge on any atom is 0.129 e. The van der Waals surface area contributed by atoms with Crippen LogP contribution in [0.3, 0.4) is 0 Å². The Morgan fingerprint density at radius 1 is 1.00 bits per heavy atom. The van der Waals surface area contributed by atoms with Crippen molar-refractivity contribution >= 4 is 5.78 Å². The molecule has 0 aromatic carbocycles. The van der Waals surface area contributed by atoms with Crippen LogP contribution in [0.4, 0.5) is 0 Å². The van der Waals surface area contributed by atoms with Gasteiger partial charge in [0.05, 0.1) is 6.10 Å². The third-order valence-corrected chi connectivity index (χ3v) is 3.58. The molecule has 1 unspecified atom stereocenters. The van der Waals surface area contributed by atoms with Crippen LogP contribution in [0, 0.1) is 0 Å². The molecule has 0 aliphatic rings. The number of hydrogen-bond acceptors (Lipinski definition) is 2. The first kappa shape index (κ1) is 18.4. The first-order valence-electron chi connectivity index (χ1n) is 7.93. The first-order chi connectivity index (χ1) is 9.07. The second-order valence-electron chi connectivity index (χ2n) is 5.64. The van der Waals surface area contributed by atoms with Crippen LogP contribution in [-0.2, 0) is 4.79 Å². The van der Waals surface area contributed by atoms with Crippen LogP contribution in [0.15, 0.2) is 12.2 Å². The average Bonchev–Trinajstić information content (AvgIpc) is 2.38. The number of hydrogen-bond donors (Lipinski definition) is 1. The number of Topliss-reactive ketones (excluding diaryl/α,β-unsaturated/α-hetero) is 1. The van der Waals surface area contributed by atoms with E-state index in [1.165, 1.54) is 19.3 Å². The molecule has 0 bridgehead atoms. The van der Waals surface area contributed by atoms with Crippen molar-refractivity contribution in [2.45, 2.75) is 90.6 Å². The van der Waals surface area contributed by atoms with Crippen LogP contribution in [-0.4, -0.2) is 17.0 Å². The summed E-state index contributed by atoms with van der Waals surface area (Å²) in [6, 6.07) is 0. The normalized spacial score (nSPS) is 12.4. The Bertz CT molecular complexity index is 246. The Morgan fingerprint density at radius 3 is 2.16 bits per heavy atom. The van der Waals surface area contributed by atoms with Crippen LogP contribution in [0.2, 0.25) is 0 Å². The number of unbranched alkanes of at least 4 members (excludes halogenated alkanes) is 6. The highest BCUT2D eigenvalue weighted by atomic mass is 16.3. The summed E-state index contributed by atoms with van der Waals surface area (Å²) in [7, 11) is 0. The van der Waals surface area contributed by atoms with Crippen molar-refractivity contribution in [1.29, 1.82) is 0 Å². The Labute approximate surface area is 119 Å². The molecule has 0 aromatic rings. The van der Waals surface area contributed by atoms with E-state index in [0.29, 0.717) is 5.78 Å². The van der Waals surface area contributed by atoms with Crippen molar-refractivity contribution in [3.8, 4) is 0 Å². The fourth-order valence-corrected chi connectivity index (χ4v) is 2.19. The molecule has 1 atom stereocenters. The lowest BCUT2D eigenvalue weighted by molar-refractivity contribution is -0.117. The third-order valence-electron chi connectivity index (χ3n) is 3.58. The van der Waals surface area contributed by atoms with E-state index in [4.69, 9.17) is 0 Å². The second-order valence-corrected chi connectivity index (χ2v) is 5.64. The summed E-state index contributed by atoms with van der Waals surface area (Å²) < 4.78 is 0. The van der Waals surface area contributed by atoms with Gasteiger partial charge in [0.25, 0.3) is 0 Å². The smallest absolute Gasteiger partial charge is 0.129 e. The number of carbonyl (C=O) groups is 1. The highest BCUT2D eigenvalue weighted by molar-refractivity contribution is 5.75. The maximum absolute atomic E-state index is 10.8. The topological polar surface area (TPSA) is 37.3 Å². The molecule has 0 spiro atoms. The lowest BCUT2D eigenvalue weighted by Gasteiger charge is -2.13. The molecule has 0 radical (unpaired) electrons. The summed E-state index contributed by atoms with van der Waals surface area (Å²) in [5.74, 6) is 0.300. The Balaban J connectivity index is 3.33. The molecule has 0 fully saturated rings. The van der Waals surface area contributed by atoms with Crippen LogP contribution in [0.1, 0.15) is 84.5 Å².